The van der Waals surface area contributed by atoms with E-state index in [0.29, 0.717) is 17.6 Å². The van der Waals surface area contributed by atoms with E-state index in [4.69, 9.17) is 18.0 Å². The number of hydrogen-bond donors (Lipinski definition) is 1. The zero-order chi connectivity index (χ0) is 12.1. The first-order chi connectivity index (χ1) is 7.49. The van der Waals surface area contributed by atoms with E-state index in [2.05, 4.69) is 45.7 Å². The Balaban J connectivity index is 2.71. The third-order valence-corrected chi connectivity index (χ3v) is 2.80. The lowest BCUT2D eigenvalue weighted by Gasteiger charge is -2.25. The van der Waals surface area contributed by atoms with Crippen LogP contribution < -0.4 is 5.73 Å². The summed E-state index contributed by atoms with van der Waals surface area (Å²) < 4.78 is 0.990. The van der Waals surface area contributed by atoms with Crippen molar-refractivity contribution in [3.05, 3.63) is 28.5 Å². The normalized spacial score (nSPS) is 11.1. The third kappa shape index (κ3) is 4.55. The lowest BCUT2D eigenvalue weighted by atomic mass is 10.2. The van der Waals surface area contributed by atoms with Crippen LogP contribution in [0.2, 0.25) is 0 Å². The molecule has 1 rings (SSSR count). The minimum absolute atomic E-state index is 0.403. The van der Waals surface area contributed by atoms with Crippen LogP contribution in [0.1, 0.15) is 19.4 Å². The Hall–Kier alpha value is -0.520. The fraction of sp³-hybridized carbons (Fsp3) is 0.455. The van der Waals surface area contributed by atoms with Gasteiger partial charge in [-0.05, 0) is 41.4 Å². The molecular weight excluding hydrogens is 286 g/mol. The molecule has 0 aliphatic heterocycles. The van der Waals surface area contributed by atoms with Crippen molar-refractivity contribution in [3.8, 4) is 0 Å². The van der Waals surface area contributed by atoms with Gasteiger partial charge in [0.05, 0.1) is 4.99 Å². The molecule has 0 saturated carbocycles. The molecule has 0 saturated heterocycles. The molecule has 0 fully saturated rings. The second-order valence-corrected chi connectivity index (χ2v) is 5.42. The van der Waals surface area contributed by atoms with Gasteiger partial charge in [0.25, 0.3) is 0 Å². The van der Waals surface area contributed by atoms with E-state index in [1.807, 2.05) is 6.20 Å². The van der Waals surface area contributed by atoms with Crippen molar-refractivity contribution < 1.29 is 0 Å². The lowest BCUT2D eigenvalue weighted by Crippen LogP contribution is -2.37. The average Bonchev–Trinajstić information content (AvgIpc) is 2.15. The summed E-state index contributed by atoms with van der Waals surface area (Å²) >= 11 is 8.35. The molecule has 0 atom stereocenters. The molecule has 0 radical (unpaired) electrons. The van der Waals surface area contributed by atoms with E-state index in [1.165, 1.54) is 0 Å². The highest BCUT2D eigenvalue weighted by molar-refractivity contribution is 9.10. The van der Waals surface area contributed by atoms with E-state index < -0.39 is 0 Å². The highest BCUT2D eigenvalue weighted by Crippen LogP contribution is 2.12. The SMILES string of the molecule is CC(C)N(CC(N)=S)Cc1cncc(Br)c1. The van der Waals surface area contributed by atoms with E-state index in [-0.39, 0.29) is 0 Å². The predicted molar refractivity (Wildman–Crippen MR) is 74.3 cm³/mol. The van der Waals surface area contributed by atoms with Gasteiger partial charge in [-0.15, -0.1) is 0 Å². The van der Waals surface area contributed by atoms with Crippen LogP contribution in [0, 0.1) is 0 Å². The van der Waals surface area contributed by atoms with Crippen molar-refractivity contribution in [1.82, 2.24) is 9.88 Å². The number of thiocarbonyl (C=S) groups is 1. The minimum atomic E-state index is 0.403. The summed E-state index contributed by atoms with van der Waals surface area (Å²) in [5, 5.41) is 0. The molecule has 0 spiro atoms. The zero-order valence-electron chi connectivity index (χ0n) is 9.48. The number of nitrogens with zero attached hydrogens (tertiary/aromatic N) is 2. The number of hydrogen-bond acceptors (Lipinski definition) is 3. The van der Waals surface area contributed by atoms with Gasteiger partial charge < -0.3 is 5.73 Å². The zero-order valence-corrected chi connectivity index (χ0v) is 11.9. The molecule has 88 valence electrons. The third-order valence-electron chi connectivity index (χ3n) is 2.24. The van der Waals surface area contributed by atoms with Crippen LogP contribution in [-0.2, 0) is 6.54 Å². The lowest BCUT2D eigenvalue weighted by molar-refractivity contribution is 0.245. The molecule has 1 heterocycles. The van der Waals surface area contributed by atoms with Gasteiger partial charge in [0.15, 0.2) is 0 Å². The van der Waals surface area contributed by atoms with Crippen molar-refractivity contribution in [3.63, 3.8) is 0 Å². The second-order valence-electron chi connectivity index (χ2n) is 3.98. The molecule has 16 heavy (non-hydrogen) atoms. The number of aromatic nitrogens is 1. The standard InChI is InChI=1S/C11H16BrN3S/c1-8(2)15(7-11(13)16)6-9-3-10(12)5-14-4-9/h3-5,8H,6-7H2,1-2H3,(H2,13,16). The maximum atomic E-state index is 5.58. The van der Waals surface area contributed by atoms with Crippen LogP contribution in [0.5, 0.6) is 0 Å². The van der Waals surface area contributed by atoms with Gasteiger partial charge in [0.2, 0.25) is 0 Å². The molecule has 0 aliphatic rings. The van der Waals surface area contributed by atoms with Crippen molar-refractivity contribution >= 4 is 33.1 Å². The molecule has 3 nitrogen and oxygen atoms in total. The highest BCUT2D eigenvalue weighted by atomic mass is 79.9. The minimum Gasteiger partial charge on any atom is -0.392 e. The molecular formula is C11H16BrN3S. The summed E-state index contributed by atoms with van der Waals surface area (Å²) in [6, 6.07) is 2.46. The fourth-order valence-corrected chi connectivity index (χ4v) is 1.98. The average molecular weight is 302 g/mol. The summed E-state index contributed by atoms with van der Waals surface area (Å²) in [5.74, 6) is 0. The van der Waals surface area contributed by atoms with Gasteiger partial charge in [-0.25, -0.2) is 0 Å². The van der Waals surface area contributed by atoms with Crippen molar-refractivity contribution in [2.24, 2.45) is 5.73 Å². The number of rotatable bonds is 5. The molecule has 1 aromatic rings. The van der Waals surface area contributed by atoms with Gasteiger partial charge in [-0.2, -0.15) is 0 Å². The van der Waals surface area contributed by atoms with E-state index >= 15 is 0 Å². The van der Waals surface area contributed by atoms with Crippen molar-refractivity contribution in [2.75, 3.05) is 6.54 Å². The Kier molecular flexibility index (Phi) is 5.31. The first-order valence-corrected chi connectivity index (χ1v) is 6.31. The maximum Gasteiger partial charge on any atom is 0.0870 e. The topological polar surface area (TPSA) is 42.1 Å². The molecule has 0 unspecified atom stereocenters. The fourth-order valence-electron chi connectivity index (χ4n) is 1.40. The highest BCUT2D eigenvalue weighted by Gasteiger charge is 2.11. The molecule has 0 amide bonds. The van der Waals surface area contributed by atoms with E-state index in [9.17, 15) is 0 Å². The van der Waals surface area contributed by atoms with E-state index in [1.54, 1.807) is 6.20 Å². The maximum absolute atomic E-state index is 5.58. The summed E-state index contributed by atoms with van der Waals surface area (Å²) in [6.45, 7) is 5.70. The summed E-state index contributed by atoms with van der Waals surface area (Å²) in [4.78, 5) is 6.88. The first-order valence-electron chi connectivity index (χ1n) is 5.11. The van der Waals surface area contributed by atoms with Crippen molar-refractivity contribution in [1.29, 1.82) is 0 Å². The van der Waals surface area contributed by atoms with Crippen LogP contribution >= 0.6 is 28.1 Å². The van der Waals surface area contributed by atoms with Gasteiger partial charge in [-0.1, -0.05) is 12.2 Å². The molecule has 0 aromatic carbocycles. The molecule has 0 aliphatic carbocycles. The largest absolute Gasteiger partial charge is 0.392 e. The molecule has 1 aromatic heterocycles. The van der Waals surface area contributed by atoms with Crippen LogP contribution in [-0.4, -0.2) is 27.5 Å². The summed E-state index contributed by atoms with van der Waals surface area (Å²) in [5.41, 5.74) is 6.73. The Morgan fingerprint density at radius 1 is 1.56 bits per heavy atom. The molecule has 2 N–H and O–H groups in total. The Labute approximate surface area is 110 Å². The number of halogens is 1. The summed E-state index contributed by atoms with van der Waals surface area (Å²) in [7, 11) is 0. The first kappa shape index (κ1) is 13.5. The van der Waals surface area contributed by atoms with Gasteiger partial charge in [0, 0.05) is 36.0 Å². The Morgan fingerprint density at radius 2 is 2.25 bits per heavy atom. The van der Waals surface area contributed by atoms with E-state index in [0.717, 1.165) is 16.6 Å². The van der Waals surface area contributed by atoms with Crippen molar-refractivity contribution in [2.45, 2.75) is 26.4 Å². The van der Waals surface area contributed by atoms with Crippen LogP contribution in [0.4, 0.5) is 0 Å². The van der Waals surface area contributed by atoms with Gasteiger partial charge >= 0.3 is 0 Å². The molecule has 5 heteroatoms. The second kappa shape index (κ2) is 6.27. The number of nitrogens with two attached hydrogens (primary N) is 1. The van der Waals surface area contributed by atoms with Gasteiger partial charge in [0.1, 0.15) is 0 Å². The Bertz CT molecular complexity index is 368. The monoisotopic (exact) mass is 301 g/mol. The smallest absolute Gasteiger partial charge is 0.0870 e. The quantitative estimate of drug-likeness (QED) is 0.848. The van der Waals surface area contributed by atoms with Crippen LogP contribution in [0.15, 0.2) is 22.9 Å². The van der Waals surface area contributed by atoms with Crippen LogP contribution in [0.25, 0.3) is 0 Å². The number of pyridine rings is 1. The molecule has 0 bridgehead atoms. The Morgan fingerprint density at radius 3 is 2.75 bits per heavy atom. The van der Waals surface area contributed by atoms with Gasteiger partial charge in [-0.3, -0.25) is 9.88 Å². The predicted octanol–water partition coefficient (Wildman–Crippen LogP) is 2.34. The summed E-state index contributed by atoms with van der Waals surface area (Å²) in [6.07, 6.45) is 3.64. The van der Waals surface area contributed by atoms with Crippen LogP contribution in [0.3, 0.4) is 0 Å².